The molecule has 1 saturated heterocycles. The molecule has 5 N–H and O–H groups in total. The van der Waals surface area contributed by atoms with E-state index in [-0.39, 0.29) is 12.1 Å². The van der Waals surface area contributed by atoms with Crippen LogP contribution in [0.4, 0.5) is 0 Å². The number of carbonyl (C=O) groups is 1. The second-order valence-electron chi connectivity index (χ2n) is 7.98. The van der Waals surface area contributed by atoms with Gasteiger partial charge >= 0.3 is 0 Å². The van der Waals surface area contributed by atoms with Crippen LogP contribution in [0.15, 0.2) is 42.6 Å². The molecule has 0 spiro atoms. The highest BCUT2D eigenvalue weighted by Crippen LogP contribution is 2.28. The molecule has 34 heavy (non-hydrogen) atoms. The Bertz CT molecular complexity index is 1270. The summed E-state index contributed by atoms with van der Waals surface area (Å²) in [4.78, 5) is 13.2. The summed E-state index contributed by atoms with van der Waals surface area (Å²) in [6.45, 7) is -0.332. The van der Waals surface area contributed by atoms with E-state index in [1.807, 2.05) is 0 Å². The molecule has 4 rings (SSSR count). The number of aliphatic hydroxyl groups excluding tert-OH is 4. The van der Waals surface area contributed by atoms with Gasteiger partial charge in [0.05, 0.1) is 29.3 Å². The van der Waals surface area contributed by atoms with Crippen LogP contribution in [0.25, 0.3) is 10.9 Å². The van der Waals surface area contributed by atoms with E-state index < -0.39 is 43.2 Å². The molecule has 178 valence electrons. The highest BCUT2D eigenvalue weighted by Gasteiger charge is 2.44. The number of nitriles is 1. The number of hydrogen-bond donors (Lipinski definition) is 5. The van der Waals surface area contributed by atoms with Crippen LogP contribution < -0.4 is 5.32 Å². The van der Waals surface area contributed by atoms with Gasteiger partial charge in [-0.1, -0.05) is 35.3 Å². The molecule has 2 unspecified atom stereocenters. The minimum Gasteiger partial charge on any atom is -0.394 e. The third-order valence-corrected chi connectivity index (χ3v) is 6.40. The van der Waals surface area contributed by atoms with Gasteiger partial charge in [-0.05, 0) is 29.8 Å². The van der Waals surface area contributed by atoms with Gasteiger partial charge in [-0.3, -0.25) is 4.79 Å². The second kappa shape index (κ2) is 9.90. The van der Waals surface area contributed by atoms with Crippen molar-refractivity contribution in [3.05, 3.63) is 69.3 Å². The minimum absolute atomic E-state index is 0.211. The van der Waals surface area contributed by atoms with Crippen LogP contribution in [0.5, 0.6) is 0 Å². The molecule has 0 saturated carbocycles. The van der Waals surface area contributed by atoms with E-state index in [2.05, 4.69) is 11.4 Å². The zero-order chi connectivity index (χ0) is 24.6. The van der Waals surface area contributed by atoms with Crippen molar-refractivity contribution >= 4 is 40.0 Å². The molecule has 0 aliphatic carbocycles. The number of nitrogens with one attached hydrogen (secondary N) is 1. The van der Waals surface area contributed by atoms with E-state index in [0.717, 1.165) is 5.56 Å². The van der Waals surface area contributed by atoms with E-state index in [0.29, 0.717) is 26.5 Å². The van der Waals surface area contributed by atoms with E-state index in [9.17, 15) is 30.5 Å². The molecule has 0 bridgehead atoms. The van der Waals surface area contributed by atoms with Crippen LogP contribution >= 0.6 is 23.2 Å². The third-order valence-electron chi connectivity index (χ3n) is 5.81. The average Bonchev–Trinajstić information content (AvgIpc) is 3.18. The van der Waals surface area contributed by atoms with Gasteiger partial charge in [0.2, 0.25) is 0 Å². The Hall–Kier alpha value is -2.68. The van der Waals surface area contributed by atoms with Gasteiger partial charge in [0.1, 0.15) is 24.4 Å². The van der Waals surface area contributed by atoms with Crippen LogP contribution in [0.3, 0.4) is 0 Å². The summed E-state index contributed by atoms with van der Waals surface area (Å²) in [5.41, 5.74) is 1.94. The van der Waals surface area contributed by atoms with E-state index >= 15 is 0 Å². The van der Waals surface area contributed by atoms with Gasteiger partial charge in [0.15, 0.2) is 6.29 Å². The normalized spacial score (nSPS) is 24.7. The van der Waals surface area contributed by atoms with Crippen molar-refractivity contribution in [2.45, 2.75) is 37.2 Å². The van der Waals surface area contributed by atoms with E-state index in [1.165, 1.54) is 0 Å². The lowest BCUT2D eigenvalue weighted by atomic mass is 9.96. The molecule has 1 aliphatic heterocycles. The van der Waals surface area contributed by atoms with Gasteiger partial charge in [0.25, 0.3) is 5.91 Å². The molecule has 1 amide bonds. The van der Waals surface area contributed by atoms with Gasteiger partial charge in [0, 0.05) is 28.2 Å². The van der Waals surface area contributed by atoms with Gasteiger partial charge in [-0.25, -0.2) is 0 Å². The molecule has 3 aromatic rings. The van der Waals surface area contributed by atoms with Crippen molar-refractivity contribution in [2.75, 3.05) is 6.61 Å². The Balaban J connectivity index is 1.68. The quantitative estimate of drug-likeness (QED) is 0.351. The Morgan fingerprint density at radius 2 is 1.91 bits per heavy atom. The number of aromatic nitrogens is 1. The van der Waals surface area contributed by atoms with Crippen molar-refractivity contribution < 1.29 is 30.0 Å². The van der Waals surface area contributed by atoms with Crippen LogP contribution in [0, 0.1) is 11.3 Å². The van der Waals surface area contributed by atoms with Gasteiger partial charge in [-0.15, -0.1) is 0 Å². The fourth-order valence-corrected chi connectivity index (χ4v) is 4.46. The Morgan fingerprint density at radius 3 is 2.59 bits per heavy atom. The number of ether oxygens (including phenoxy) is 1. The van der Waals surface area contributed by atoms with Crippen LogP contribution in [-0.2, 0) is 11.3 Å². The molecule has 11 heteroatoms. The van der Waals surface area contributed by atoms with Crippen molar-refractivity contribution in [3.8, 4) is 6.07 Å². The summed E-state index contributed by atoms with van der Waals surface area (Å²) in [5, 5.41) is 53.2. The number of hydrogen-bond acceptors (Lipinski definition) is 7. The minimum atomic E-state index is -1.65. The third kappa shape index (κ3) is 4.62. The summed E-state index contributed by atoms with van der Waals surface area (Å²) in [6, 6.07) is 10.6. The number of nitrogens with zero attached hydrogens (tertiary/aromatic N) is 2. The molecular formula is C23H21Cl2N3O6. The smallest absolute Gasteiger partial charge is 0.253 e. The van der Waals surface area contributed by atoms with Crippen molar-refractivity contribution in [1.82, 2.24) is 9.88 Å². The van der Waals surface area contributed by atoms with Gasteiger partial charge in [-0.2, -0.15) is 5.26 Å². The number of amides is 1. The average molecular weight is 506 g/mol. The maximum Gasteiger partial charge on any atom is 0.253 e. The number of carbonyl (C=O) groups excluding carboxylic acids is 1. The number of fused-ring (bicyclic) bond motifs is 1. The second-order valence-corrected chi connectivity index (χ2v) is 8.82. The lowest BCUT2D eigenvalue weighted by Crippen LogP contribution is -2.64. The molecule has 1 fully saturated rings. The zero-order valence-electron chi connectivity index (χ0n) is 17.6. The SMILES string of the molecule is N#Cc1ccc2c(C(=O)N[C@H]3C(O)O[C@H](CO)[C@@H](O)C3O)cn(Cc3ccc(Cl)cc3Cl)c2c1. The van der Waals surface area contributed by atoms with E-state index in [4.69, 9.17) is 27.9 Å². The fraction of sp³-hybridized carbons (Fsp3) is 0.304. The highest BCUT2D eigenvalue weighted by molar-refractivity contribution is 6.35. The highest BCUT2D eigenvalue weighted by atomic mass is 35.5. The predicted octanol–water partition coefficient (Wildman–Crippen LogP) is 1.40. The summed E-state index contributed by atoms with van der Waals surface area (Å²) in [5.74, 6) is -0.642. The van der Waals surface area contributed by atoms with Crippen molar-refractivity contribution in [3.63, 3.8) is 0 Å². The monoisotopic (exact) mass is 505 g/mol. The molecule has 1 aliphatic rings. The molecule has 0 radical (unpaired) electrons. The first-order valence-electron chi connectivity index (χ1n) is 10.3. The Labute approximate surface area is 204 Å². The largest absolute Gasteiger partial charge is 0.394 e. The molecule has 2 aromatic carbocycles. The van der Waals surface area contributed by atoms with Crippen molar-refractivity contribution in [2.24, 2.45) is 0 Å². The maximum absolute atomic E-state index is 13.2. The van der Waals surface area contributed by atoms with Crippen LogP contribution in [0.2, 0.25) is 10.0 Å². The van der Waals surface area contributed by atoms with Gasteiger partial charge < -0.3 is 35.0 Å². The molecule has 9 nitrogen and oxygen atoms in total. The summed E-state index contributed by atoms with van der Waals surface area (Å²) in [6.07, 6.45) is -4.34. The predicted molar refractivity (Wildman–Crippen MR) is 123 cm³/mol. The zero-order valence-corrected chi connectivity index (χ0v) is 19.1. The topological polar surface area (TPSA) is 148 Å². The summed E-state index contributed by atoms with van der Waals surface area (Å²) in [7, 11) is 0. The number of halogens is 2. The number of rotatable bonds is 5. The Kier molecular flexibility index (Phi) is 7.12. The molecule has 1 aromatic heterocycles. The first-order chi connectivity index (χ1) is 16.2. The van der Waals surface area contributed by atoms with Crippen LogP contribution in [-0.4, -0.2) is 68.2 Å². The molecule has 2 heterocycles. The van der Waals surface area contributed by atoms with Crippen LogP contribution in [0.1, 0.15) is 21.5 Å². The first-order valence-corrected chi connectivity index (χ1v) is 11.1. The molecule has 5 atom stereocenters. The number of benzene rings is 2. The molecular weight excluding hydrogens is 485 g/mol. The van der Waals surface area contributed by atoms with Crippen molar-refractivity contribution in [1.29, 1.82) is 5.26 Å². The number of aliphatic hydroxyl groups is 4. The summed E-state index contributed by atoms with van der Waals surface area (Å²) < 4.78 is 6.86. The lowest BCUT2D eigenvalue weighted by molar-refractivity contribution is -0.252. The van der Waals surface area contributed by atoms with E-state index in [1.54, 1.807) is 47.2 Å². The summed E-state index contributed by atoms with van der Waals surface area (Å²) >= 11 is 12.3. The first kappa shape index (κ1) is 24.4. The Morgan fingerprint density at radius 1 is 1.15 bits per heavy atom. The fourth-order valence-electron chi connectivity index (χ4n) is 3.99. The standard InChI is InChI=1S/C23H21Cl2N3O6/c24-13-3-2-12(16(25)6-13)8-28-9-15(14-4-1-11(7-26)5-17(14)28)22(32)27-19-21(31)20(30)18(10-29)34-23(19)33/h1-6,9,18-21,23,29-31,33H,8,10H2,(H,27,32)/t18-,19-,20-,21?,23?/m1/s1. The lowest BCUT2D eigenvalue weighted by Gasteiger charge is -2.40. The maximum atomic E-state index is 13.2.